The first kappa shape index (κ1) is 19.1. The van der Waals surface area contributed by atoms with Crippen molar-refractivity contribution in [1.82, 2.24) is 20.2 Å². The number of hydrogen-bond donors (Lipinski definition) is 1. The molecule has 2 aromatic rings. The first-order chi connectivity index (χ1) is 13.2. The van der Waals surface area contributed by atoms with Crippen molar-refractivity contribution < 1.29 is 14.3 Å². The van der Waals surface area contributed by atoms with Crippen LogP contribution in [0.5, 0.6) is 11.8 Å². The van der Waals surface area contributed by atoms with Gasteiger partial charge < -0.3 is 14.8 Å². The monoisotopic (exact) mass is 370 g/mol. The zero-order valence-electron chi connectivity index (χ0n) is 15.9. The minimum atomic E-state index is 0.0756. The molecule has 0 spiro atoms. The lowest BCUT2D eigenvalue weighted by Crippen LogP contribution is -2.40. The predicted molar refractivity (Wildman–Crippen MR) is 101 cm³/mol. The molecule has 1 aromatic heterocycles. The Bertz CT molecular complexity index is 726. The molecule has 0 radical (unpaired) electrons. The van der Waals surface area contributed by atoms with Crippen molar-refractivity contribution in [3.05, 3.63) is 47.8 Å². The zero-order valence-corrected chi connectivity index (χ0v) is 15.9. The smallest absolute Gasteiger partial charge is 0.316 e. The number of benzene rings is 1. The minimum Gasteiger partial charge on any atom is -0.497 e. The molecule has 1 fully saturated rings. The van der Waals surface area contributed by atoms with Crippen LogP contribution in [0.4, 0.5) is 0 Å². The van der Waals surface area contributed by atoms with Crippen molar-refractivity contribution >= 4 is 5.91 Å². The number of carbonyl (C=O) groups is 1. The second kappa shape index (κ2) is 9.32. The van der Waals surface area contributed by atoms with E-state index in [0.717, 1.165) is 49.4 Å². The Morgan fingerprint density at radius 1 is 1.07 bits per heavy atom. The van der Waals surface area contributed by atoms with Gasteiger partial charge in [-0.3, -0.25) is 9.69 Å². The number of methoxy groups -OCH3 is 2. The molecule has 1 aliphatic rings. The summed E-state index contributed by atoms with van der Waals surface area (Å²) in [6.45, 7) is 3.13. The van der Waals surface area contributed by atoms with E-state index in [9.17, 15) is 4.79 Å². The van der Waals surface area contributed by atoms with Gasteiger partial charge in [-0.25, -0.2) is 9.97 Å². The Morgan fingerprint density at radius 3 is 2.33 bits per heavy atom. The van der Waals surface area contributed by atoms with Crippen LogP contribution in [-0.4, -0.2) is 48.1 Å². The maximum absolute atomic E-state index is 12.4. The Hall–Kier alpha value is -2.67. The summed E-state index contributed by atoms with van der Waals surface area (Å²) in [5.74, 6) is 1.03. The van der Waals surface area contributed by atoms with Crippen LogP contribution in [-0.2, 0) is 17.9 Å². The van der Waals surface area contributed by atoms with Gasteiger partial charge >= 0.3 is 6.01 Å². The highest BCUT2D eigenvalue weighted by Gasteiger charge is 2.24. The van der Waals surface area contributed by atoms with Crippen LogP contribution >= 0.6 is 0 Å². The third kappa shape index (κ3) is 5.40. The number of amides is 1. The van der Waals surface area contributed by atoms with Gasteiger partial charge in [-0.05, 0) is 43.6 Å². The highest BCUT2D eigenvalue weighted by Crippen LogP contribution is 2.19. The number of nitrogens with one attached hydrogen (secondary N) is 1. The third-order valence-electron chi connectivity index (χ3n) is 4.85. The topological polar surface area (TPSA) is 76.6 Å². The van der Waals surface area contributed by atoms with Gasteiger partial charge in [0.05, 0.1) is 14.2 Å². The molecule has 0 aliphatic carbocycles. The SMILES string of the molecule is COc1ccc(CNC(=O)C2CCN(Cc3cnc(OC)nc3)CC2)cc1. The molecule has 7 nitrogen and oxygen atoms in total. The predicted octanol–water partition coefficient (Wildman–Crippen LogP) is 2.02. The van der Waals surface area contributed by atoms with Crippen LogP contribution in [0.15, 0.2) is 36.7 Å². The van der Waals surface area contributed by atoms with Crippen molar-refractivity contribution in [2.45, 2.75) is 25.9 Å². The maximum atomic E-state index is 12.4. The van der Waals surface area contributed by atoms with E-state index in [4.69, 9.17) is 9.47 Å². The normalized spacial score (nSPS) is 15.3. The van der Waals surface area contributed by atoms with Gasteiger partial charge in [-0.1, -0.05) is 12.1 Å². The van der Waals surface area contributed by atoms with Crippen LogP contribution in [0.3, 0.4) is 0 Å². The summed E-state index contributed by atoms with van der Waals surface area (Å²) in [6, 6.07) is 8.13. The van der Waals surface area contributed by atoms with Crippen LogP contribution in [0, 0.1) is 5.92 Å². The standard InChI is InChI=1S/C20H26N4O3/c1-26-18-5-3-15(4-6-18)11-21-19(25)17-7-9-24(10-8-17)14-16-12-22-20(27-2)23-13-16/h3-6,12-13,17H,7-11,14H2,1-2H3,(H,21,25). The van der Waals surface area contributed by atoms with Crippen molar-refractivity contribution in [3.63, 3.8) is 0 Å². The zero-order chi connectivity index (χ0) is 19.1. The molecule has 2 heterocycles. The largest absolute Gasteiger partial charge is 0.497 e. The lowest BCUT2D eigenvalue weighted by Gasteiger charge is -2.31. The molecule has 1 saturated heterocycles. The van der Waals surface area contributed by atoms with Crippen molar-refractivity contribution in [2.24, 2.45) is 5.92 Å². The molecule has 3 rings (SSSR count). The summed E-state index contributed by atoms with van der Waals surface area (Å²) in [4.78, 5) is 23.0. The van der Waals surface area contributed by atoms with Crippen molar-refractivity contribution in [3.8, 4) is 11.8 Å². The average molecular weight is 370 g/mol. The van der Waals surface area contributed by atoms with Gasteiger partial charge in [0.2, 0.25) is 5.91 Å². The van der Waals surface area contributed by atoms with Gasteiger partial charge in [0.15, 0.2) is 0 Å². The third-order valence-corrected chi connectivity index (χ3v) is 4.85. The molecule has 0 bridgehead atoms. The minimum absolute atomic E-state index is 0.0756. The first-order valence-corrected chi connectivity index (χ1v) is 9.16. The summed E-state index contributed by atoms with van der Waals surface area (Å²) < 4.78 is 10.1. The number of carbonyl (C=O) groups excluding carboxylic acids is 1. The summed E-state index contributed by atoms with van der Waals surface area (Å²) in [5.41, 5.74) is 2.12. The van der Waals surface area contributed by atoms with E-state index in [0.29, 0.717) is 12.6 Å². The molecule has 1 aromatic carbocycles. The molecule has 7 heteroatoms. The van der Waals surface area contributed by atoms with Gasteiger partial charge in [-0.2, -0.15) is 0 Å². The fourth-order valence-electron chi connectivity index (χ4n) is 3.22. The highest BCUT2D eigenvalue weighted by molar-refractivity contribution is 5.78. The van der Waals surface area contributed by atoms with Gasteiger partial charge in [0, 0.05) is 37.0 Å². The summed E-state index contributed by atoms with van der Waals surface area (Å²) in [7, 11) is 3.20. The number of likely N-dealkylation sites (tertiary alicyclic amines) is 1. The first-order valence-electron chi connectivity index (χ1n) is 9.16. The number of piperidine rings is 1. The highest BCUT2D eigenvalue weighted by atomic mass is 16.5. The summed E-state index contributed by atoms with van der Waals surface area (Å²) in [6.07, 6.45) is 5.32. The summed E-state index contributed by atoms with van der Waals surface area (Å²) >= 11 is 0. The van der Waals surface area contributed by atoms with E-state index in [-0.39, 0.29) is 11.8 Å². The average Bonchev–Trinajstić information content (AvgIpc) is 2.73. The van der Waals surface area contributed by atoms with Crippen LogP contribution in [0.2, 0.25) is 0 Å². The van der Waals surface area contributed by atoms with E-state index in [2.05, 4.69) is 20.2 Å². The van der Waals surface area contributed by atoms with Crippen molar-refractivity contribution in [1.29, 1.82) is 0 Å². The van der Waals surface area contributed by atoms with Crippen LogP contribution in [0.1, 0.15) is 24.0 Å². The Morgan fingerprint density at radius 2 is 1.74 bits per heavy atom. The molecular formula is C20H26N4O3. The Labute approximate surface area is 159 Å². The number of ether oxygens (including phenoxy) is 2. The number of aromatic nitrogens is 2. The molecule has 0 saturated carbocycles. The molecule has 0 atom stereocenters. The molecule has 1 amide bonds. The Balaban J connectivity index is 1.41. The number of nitrogens with zero attached hydrogens (tertiary/aromatic N) is 3. The number of rotatable bonds is 7. The van der Waals surface area contributed by atoms with E-state index in [1.54, 1.807) is 26.6 Å². The second-order valence-corrected chi connectivity index (χ2v) is 6.69. The maximum Gasteiger partial charge on any atom is 0.316 e. The van der Waals surface area contributed by atoms with Gasteiger partial charge in [0.1, 0.15) is 5.75 Å². The van der Waals surface area contributed by atoms with Gasteiger partial charge in [0.25, 0.3) is 0 Å². The van der Waals surface area contributed by atoms with E-state index >= 15 is 0 Å². The van der Waals surface area contributed by atoms with Crippen LogP contribution < -0.4 is 14.8 Å². The Kier molecular flexibility index (Phi) is 6.59. The summed E-state index contributed by atoms with van der Waals surface area (Å²) in [5, 5.41) is 3.05. The quantitative estimate of drug-likeness (QED) is 0.804. The molecule has 1 N–H and O–H groups in total. The van der Waals surface area contributed by atoms with E-state index < -0.39 is 0 Å². The molecule has 0 unspecified atom stereocenters. The fraction of sp³-hybridized carbons (Fsp3) is 0.450. The molecule has 1 aliphatic heterocycles. The van der Waals surface area contributed by atoms with E-state index in [1.165, 1.54) is 0 Å². The molecule has 144 valence electrons. The molecule has 27 heavy (non-hydrogen) atoms. The van der Waals surface area contributed by atoms with Crippen molar-refractivity contribution in [2.75, 3.05) is 27.3 Å². The van der Waals surface area contributed by atoms with Crippen LogP contribution in [0.25, 0.3) is 0 Å². The van der Waals surface area contributed by atoms with E-state index in [1.807, 2.05) is 24.3 Å². The van der Waals surface area contributed by atoms with Gasteiger partial charge in [-0.15, -0.1) is 0 Å². The second-order valence-electron chi connectivity index (χ2n) is 6.69. The number of hydrogen-bond acceptors (Lipinski definition) is 6. The lowest BCUT2D eigenvalue weighted by molar-refractivity contribution is -0.126. The fourth-order valence-corrected chi connectivity index (χ4v) is 3.22. The lowest BCUT2D eigenvalue weighted by atomic mass is 9.95. The molecular weight excluding hydrogens is 344 g/mol.